The highest BCUT2D eigenvalue weighted by Gasteiger charge is 2.20. The Hall–Kier alpha value is -2.31. The Bertz CT molecular complexity index is 1030. The van der Waals surface area contributed by atoms with E-state index < -0.39 is 0 Å². The molecule has 1 aliphatic rings. The number of aliphatic hydroxyl groups excluding tert-OH is 1. The number of nitrogens with zero attached hydrogens (tertiary/aromatic N) is 2. The van der Waals surface area contributed by atoms with E-state index in [0.717, 1.165) is 54.1 Å². The van der Waals surface area contributed by atoms with Crippen LogP contribution in [0.3, 0.4) is 0 Å². The number of aryl methyl sites for hydroxylation is 2. The number of carbonyl (C=O) groups is 1. The molecule has 0 aliphatic heterocycles. The maximum Gasteiger partial charge on any atom is 0.194 e. The van der Waals surface area contributed by atoms with Crippen LogP contribution in [0.5, 0.6) is 0 Å². The summed E-state index contributed by atoms with van der Waals surface area (Å²) in [5.41, 5.74) is 12.6. The van der Waals surface area contributed by atoms with Gasteiger partial charge in [0.25, 0.3) is 0 Å². The molecule has 5 nitrogen and oxygen atoms in total. The number of thiazole rings is 1. The number of hydrogen-bond acceptors (Lipinski definition) is 6. The fourth-order valence-electron chi connectivity index (χ4n) is 3.41. The molecule has 0 aromatic carbocycles. The number of ketones is 1. The Morgan fingerprint density at radius 3 is 2.13 bits per heavy atom. The maximum absolute atomic E-state index is 12.2. The van der Waals surface area contributed by atoms with Crippen LogP contribution < -0.4 is 5.73 Å². The lowest BCUT2D eigenvalue weighted by Crippen LogP contribution is -2.09. The first-order chi connectivity index (χ1) is 18.4. The summed E-state index contributed by atoms with van der Waals surface area (Å²) < 4.78 is 0. The summed E-state index contributed by atoms with van der Waals surface area (Å²) in [5.74, 6) is 1.04. The lowest BCUT2D eigenvalue weighted by molar-refractivity contribution is 0.0927. The Morgan fingerprint density at radius 1 is 1.03 bits per heavy atom. The molecule has 2 aromatic rings. The first-order valence-corrected chi connectivity index (χ1v) is 15.5. The number of aliphatic hydroxyl groups is 1. The zero-order chi connectivity index (χ0) is 30.0. The number of rotatable bonds is 7. The minimum absolute atomic E-state index is 0.0511. The van der Waals surface area contributed by atoms with Crippen LogP contribution in [0.15, 0.2) is 41.1 Å². The highest BCUT2D eigenvalue weighted by Crippen LogP contribution is 2.28. The van der Waals surface area contributed by atoms with E-state index in [4.69, 9.17) is 15.8 Å². The minimum atomic E-state index is 0.0511. The number of Topliss-reactive ketones (excluding diaryl/α,β-unsaturated/α-hetero) is 1. The average molecular weight is 558 g/mol. The van der Waals surface area contributed by atoms with Crippen LogP contribution in [0.2, 0.25) is 0 Å². The van der Waals surface area contributed by atoms with E-state index in [9.17, 15) is 4.79 Å². The molecule has 3 N–H and O–H groups in total. The second kappa shape index (κ2) is 20.6. The van der Waals surface area contributed by atoms with Crippen LogP contribution >= 0.6 is 11.3 Å². The van der Waals surface area contributed by atoms with Crippen molar-refractivity contribution in [2.75, 3.05) is 6.61 Å². The van der Waals surface area contributed by atoms with Crippen molar-refractivity contribution in [2.45, 2.75) is 114 Å². The van der Waals surface area contributed by atoms with E-state index in [1.165, 1.54) is 46.6 Å². The largest absolute Gasteiger partial charge is 0.402 e. The van der Waals surface area contributed by atoms with Gasteiger partial charge in [-0.1, -0.05) is 77.5 Å². The molecule has 0 radical (unpaired) electrons. The van der Waals surface area contributed by atoms with Crippen LogP contribution in [0.25, 0.3) is 10.3 Å². The third kappa shape index (κ3) is 15.2. The van der Waals surface area contributed by atoms with Crippen LogP contribution in [0.1, 0.15) is 122 Å². The molecule has 0 fully saturated rings. The van der Waals surface area contributed by atoms with Gasteiger partial charge in [0.2, 0.25) is 0 Å². The smallest absolute Gasteiger partial charge is 0.194 e. The third-order valence-electron chi connectivity index (χ3n) is 5.89. The summed E-state index contributed by atoms with van der Waals surface area (Å²) in [6, 6.07) is 2.14. The van der Waals surface area contributed by atoms with E-state index in [2.05, 4.69) is 64.7 Å². The second-order valence-electron chi connectivity index (χ2n) is 10.7. The zero-order valence-corrected chi connectivity index (χ0v) is 27.2. The Kier molecular flexibility index (Phi) is 19.4. The number of carbonyl (C=O) groups excluding carboxylic acids is 1. The highest BCUT2D eigenvalue weighted by atomic mass is 32.1. The van der Waals surface area contributed by atoms with Crippen molar-refractivity contribution >= 4 is 27.5 Å². The number of aromatic nitrogens is 2. The molecule has 0 bridgehead atoms. The lowest BCUT2D eigenvalue weighted by atomic mass is 9.96. The van der Waals surface area contributed by atoms with E-state index in [1.807, 2.05) is 26.8 Å². The molecule has 0 amide bonds. The quantitative estimate of drug-likeness (QED) is 0.262. The normalized spacial score (nSPS) is 14.3. The molecule has 1 unspecified atom stereocenters. The third-order valence-corrected chi connectivity index (χ3v) is 6.87. The molecule has 0 saturated carbocycles. The number of fused-ring (bicyclic) bond motifs is 2. The monoisotopic (exact) mass is 557 g/mol. The zero-order valence-electron chi connectivity index (χ0n) is 26.4. The number of pyridine rings is 1. The van der Waals surface area contributed by atoms with Gasteiger partial charge in [-0.3, -0.25) is 4.79 Å². The van der Waals surface area contributed by atoms with E-state index in [-0.39, 0.29) is 18.3 Å². The molecule has 220 valence electrons. The van der Waals surface area contributed by atoms with Gasteiger partial charge in [0, 0.05) is 23.9 Å². The predicted molar refractivity (Wildman–Crippen MR) is 171 cm³/mol. The van der Waals surface area contributed by atoms with Crippen molar-refractivity contribution in [2.24, 2.45) is 17.6 Å². The lowest BCUT2D eigenvalue weighted by Gasteiger charge is -2.13. The van der Waals surface area contributed by atoms with Gasteiger partial charge in [-0.05, 0) is 94.9 Å². The maximum atomic E-state index is 12.2. The van der Waals surface area contributed by atoms with E-state index in [1.54, 1.807) is 6.92 Å². The number of allylic oxidation sites excluding steroid dienone is 6. The summed E-state index contributed by atoms with van der Waals surface area (Å²) in [6.45, 7) is 20.8. The standard InChI is InChI=1S/C15H18N2OS.C12H21N.C4H10.C2H6O/c1-3-9(2)13(18)15-17-12-8-10-6-4-5-7-11(10)16-14(12)19-15;1-5-10(3)9-12(6-2)8-7-11(4)13;1-4(2)3;1-2-3/h8-9H,3-7H2,1-2H3;7-9H,5-6,13H2,1-4H3;4H,1-3H3;3H,2H2,1H3/b;10-9+,11-7+,12-8-;;. The fourth-order valence-corrected chi connectivity index (χ4v) is 4.40. The first-order valence-electron chi connectivity index (χ1n) is 14.7. The SMILES string of the molecule is CC(C)C.CCC(=C/C=C(\C)N)/C=C(\C)CC.CCC(C)C(=O)c1nc2cc3c(nc2s1)CCCC3.CCO. The summed E-state index contributed by atoms with van der Waals surface area (Å²) in [4.78, 5) is 22.3. The van der Waals surface area contributed by atoms with Crippen molar-refractivity contribution in [3.8, 4) is 0 Å². The molecule has 39 heavy (non-hydrogen) atoms. The van der Waals surface area contributed by atoms with Gasteiger partial charge >= 0.3 is 0 Å². The van der Waals surface area contributed by atoms with Crippen molar-refractivity contribution in [3.05, 3.63) is 57.4 Å². The van der Waals surface area contributed by atoms with E-state index in [0.29, 0.717) is 5.01 Å². The van der Waals surface area contributed by atoms with Gasteiger partial charge < -0.3 is 10.8 Å². The van der Waals surface area contributed by atoms with Gasteiger partial charge in [-0.25, -0.2) is 9.97 Å². The van der Waals surface area contributed by atoms with Crippen molar-refractivity contribution < 1.29 is 9.90 Å². The molecular weight excluding hydrogens is 502 g/mol. The molecule has 1 aliphatic carbocycles. The molecule has 3 rings (SSSR count). The first kappa shape index (κ1) is 36.7. The predicted octanol–water partition coefficient (Wildman–Crippen LogP) is 9.00. The van der Waals surface area contributed by atoms with Crippen LogP contribution in [0.4, 0.5) is 0 Å². The molecule has 1 atom stereocenters. The van der Waals surface area contributed by atoms with Gasteiger partial charge in [-0.2, -0.15) is 0 Å². The van der Waals surface area contributed by atoms with E-state index >= 15 is 0 Å². The van der Waals surface area contributed by atoms with Crippen LogP contribution in [0, 0.1) is 11.8 Å². The summed E-state index contributed by atoms with van der Waals surface area (Å²) >= 11 is 1.45. The Balaban J connectivity index is 0.000000628. The topological polar surface area (TPSA) is 89.1 Å². The van der Waals surface area contributed by atoms with Crippen LogP contribution in [-0.4, -0.2) is 27.5 Å². The van der Waals surface area contributed by atoms with Crippen molar-refractivity contribution in [3.63, 3.8) is 0 Å². The van der Waals surface area contributed by atoms with Gasteiger partial charge in [0.1, 0.15) is 10.3 Å². The van der Waals surface area contributed by atoms with Crippen LogP contribution in [-0.2, 0) is 12.8 Å². The summed E-state index contributed by atoms with van der Waals surface area (Å²) in [6.07, 6.45) is 13.9. The summed E-state index contributed by atoms with van der Waals surface area (Å²) in [5, 5.41) is 8.19. The molecular formula is C33H55N3O2S. The average Bonchev–Trinajstić information content (AvgIpc) is 3.31. The van der Waals surface area contributed by atoms with Crippen molar-refractivity contribution in [1.29, 1.82) is 0 Å². The second-order valence-corrected chi connectivity index (χ2v) is 11.7. The number of nitrogens with two attached hydrogens (primary N) is 1. The molecule has 0 saturated heterocycles. The van der Waals surface area contributed by atoms with Crippen molar-refractivity contribution in [1.82, 2.24) is 9.97 Å². The molecule has 0 spiro atoms. The van der Waals surface area contributed by atoms with Gasteiger partial charge in [0.15, 0.2) is 10.8 Å². The molecule has 2 heterocycles. The Morgan fingerprint density at radius 2 is 1.62 bits per heavy atom. The minimum Gasteiger partial charge on any atom is -0.402 e. The molecule has 2 aromatic heterocycles. The van der Waals surface area contributed by atoms with Gasteiger partial charge in [-0.15, -0.1) is 0 Å². The fraction of sp³-hybridized carbons (Fsp3) is 0.606. The Labute approximate surface area is 242 Å². The number of hydrogen-bond donors (Lipinski definition) is 2. The summed E-state index contributed by atoms with van der Waals surface area (Å²) in [7, 11) is 0. The highest BCUT2D eigenvalue weighted by molar-refractivity contribution is 7.19. The van der Waals surface area contributed by atoms with Gasteiger partial charge in [0.05, 0.1) is 0 Å². The molecule has 6 heteroatoms.